The molecule has 0 nitrogen and oxygen atoms in total. The topological polar surface area (TPSA) is 0 Å². The van der Waals surface area contributed by atoms with Crippen molar-refractivity contribution >= 4 is 12.2 Å². The Morgan fingerprint density at radius 2 is 0.816 bits per heavy atom. The maximum absolute atomic E-state index is 2.94. The molecule has 1 aliphatic heterocycles. The van der Waals surface area contributed by atoms with Crippen molar-refractivity contribution < 1.29 is 45.1 Å². The van der Waals surface area contributed by atoms with E-state index in [1.54, 1.807) is 44.5 Å². The Bertz CT molecular complexity index is 1850. The molecule has 0 spiro atoms. The minimum Gasteiger partial charge on any atom is -1.00 e. The summed E-state index contributed by atoms with van der Waals surface area (Å²) in [6.07, 6.45) is 5.39. The molecule has 7 rings (SSSR count). The summed E-state index contributed by atoms with van der Waals surface area (Å²) in [5, 5.41) is 0. The first-order valence-corrected chi connectivity index (χ1v) is 24.4. The molecule has 49 heavy (non-hydrogen) atoms. The molecule has 2 unspecified atom stereocenters. The zero-order valence-corrected chi connectivity index (χ0v) is 35.7. The van der Waals surface area contributed by atoms with Crippen LogP contribution in [0, 0.1) is 67.2 Å². The predicted octanol–water partition coefficient (Wildman–Crippen LogP) is 7.39. The number of rotatable bonds is 6. The molecule has 0 saturated carbocycles. The standard InChI is InChI=1S/2C22H25.C2H4.2ClH.Zr/c2*1-13(2)18-11-20-17(6)16(5)10-21(22(20)12-18)19-8-14(3)7-15(4)9-19;1-2;;;/h2*7-13H,1-6H3;1-2H2;2*1H;/q;;;;;+2/p-2. The maximum atomic E-state index is 2.69. The van der Waals surface area contributed by atoms with Gasteiger partial charge >= 0.3 is 292 Å². The SMILES string of the molecule is Cc1cc(C)cc(-c2cc(C)c(C)c3c2C=C(C(C)C)[CH]3[Zr+2]2([CH]3C(C(C)C)=Cc4c(-c5cc(C)cc(C)c5)cc(C)c(C)c43)[CH2][CH2]2)c1.[Cl-].[Cl-]. The zero-order chi connectivity index (χ0) is 33.7. The van der Waals surface area contributed by atoms with Crippen LogP contribution in [0.1, 0.15) is 102 Å². The smallest absolute Gasteiger partial charge is 1.00 e. The molecule has 0 radical (unpaired) electrons. The molecule has 0 amide bonds. The fraction of sp³-hybridized carbons (Fsp3) is 0.391. The van der Waals surface area contributed by atoms with E-state index < -0.39 is 20.3 Å². The molecule has 0 bridgehead atoms. The van der Waals surface area contributed by atoms with E-state index in [4.69, 9.17) is 0 Å². The van der Waals surface area contributed by atoms with Gasteiger partial charge in [-0.05, 0) is 0 Å². The Balaban J connectivity index is 0.00000234. The van der Waals surface area contributed by atoms with Crippen LogP contribution in [-0.2, 0) is 20.3 Å². The molecule has 4 aromatic carbocycles. The van der Waals surface area contributed by atoms with Gasteiger partial charge in [-0.3, -0.25) is 0 Å². The average Bonchev–Trinajstić information content (AvgIpc) is 3.49. The summed E-state index contributed by atoms with van der Waals surface area (Å²) in [5.74, 6) is 1.09. The molecular formula is C46H54Cl2Zr. The van der Waals surface area contributed by atoms with Crippen molar-refractivity contribution in [1.82, 2.24) is 0 Å². The van der Waals surface area contributed by atoms with Gasteiger partial charge in [-0.15, -0.1) is 0 Å². The van der Waals surface area contributed by atoms with Crippen LogP contribution in [0.4, 0.5) is 0 Å². The maximum Gasteiger partial charge on any atom is -1.00 e. The first kappa shape index (κ1) is 38.1. The molecule has 2 atom stereocenters. The number of halogens is 2. The fourth-order valence-corrected chi connectivity index (χ4v) is 28.2. The average molecular weight is 769 g/mol. The van der Waals surface area contributed by atoms with Crippen LogP contribution in [0.5, 0.6) is 0 Å². The van der Waals surface area contributed by atoms with Gasteiger partial charge in [-0.25, -0.2) is 0 Å². The zero-order valence-electron chi connectivity index (χ0n) is 31.8. The Morgan fingerprint density at radius 3 is 1.10 bits per heavy atom. The second kappa shape index (κ2) is 13.8. The quantitative estimate of drug-likeness (QED) is 0.192. The predicted molar refractivity (Wildman–Crippen MR) is 202 cm³/mol. The summed E-state index contributed by atoms with van der Waals surface area (Å²) in [7, 11) is 0. The monoisotopic (exact) mass is 766 g/mol. The third-order valence-corrected chi connectivity index (χ3v) is 24.9. The van der Waals surface area contributed by atoms with E-state index in [2.05, 4.69) is 144 Å². The Labute approximate surface area is 314 Å². The Kier molecular flexibility index (Phi) is 10.7. The number of hydrogen-bond acceptors (Lipinski definition) is 0. The third kappa shape index (κ3) is 6.23. The molecule has 1 saturated heterocycles. The van der Waals surface area contributed by atoms with Crippen molar-refractivity contribution in [3.05, 3.63) is 126 Å². The van der Waals surface area contributed by atoms with E-state index in [0.717, 1.165) is 0 Å². The van der Waals surface area contributed by atoms with Gasteiger partial charge in [-0.1, -0.05) is 0 Å². The van der Waals surface area contributed by atoms with Crippen LogP contribution in [-0.4, -0.2) is 0 Å². The van der Waals surface area contributed by atoms with Crippen molar-refractivity contribution in [2.24, 2.45) is 11.8 Å². The molecule has 1 heterocycles. The van der Waals surface area contributed by atoms with E-state index in [-0.39, 0.29) is 24.8 Å². The Hall–Kier alpha value is -2.18. The molecule has 2 aliphatic carbocycles. The molecule has 0 N–H and O–H groups in total. The minimum atomic E-state index is -2.94. The van der Waals surface area contributed by atoms with Gasteiger partial charge in [0.05, 0.1) is 0 Å². The summed E-state index contributed by atoms with van der Waals surface area (Å²) in [4.78, 5) is 0. The van der Waals surface area contributed by atoms with Gasteiger partial charge in [-0.2, -0.15) is 0 Å². The summed E-state index contributed by atoms with van der Waals surface area (Å²) >= 11 is -2.94. The number of hydrogen-bond donors (Lipinski definition) is 0. The third-order valence-electron chi connectivity index (χ3n) is 12.1. The molecule has 4 aromatic rings. The summed E-state index contributed by atoms with van der Waals surface area (Å²) in [5.41, 5.74) is 27.1. The van der Waals surface area contributed by atoms with Gasteiger partial charge in [0.1, 0.15) is 0 Å². The van der Waals surface area contributed by atoms with Crippen molar-refractivity contribution in [2.75, 3.05) is 0 Å². The number of fused-ring (bicyclic) bond motifs is 2. The summed E-state index contributed by atoms with van der Waals surface area (Å²) < 4.78 is 4.28. The molecule has 3 heteroatoms. The van der Waals surface area contributed by atoms with Crippen molar-refractivity contribution in [3.8, 4) is 22.3 Å². The van der Waals surface area contributed by atoms with Gasteiger partial charge in [0, 0.05) is 0 Å². The van der Waals surface area contributed by atoms with Crippen LogP contribution in [0.25, 0.3) is 34.4 Å². The second-order valence-electron chi connectivity index (χ2n) is 16.3. The Morgan fingerprint density at radius 1 is 0.490 bits per heavy atom. The second-order valence-corrected chi connectivity index (χ2v) is 27.7. The minimum absolute atomic E-state index is 0. The van der Waals surface area contributed by atoms with Gasteiger partial charge in [0.2, 0.25) is 0 Å². The molecular weight excluding hydrogens is 715 g/mol. The fourth-order valence-electron chi connectivity index (χ4n) is 9.68. The number of allylic oxidation sites excluding steroid dienone is 2. The first-order chi connectivity index (χ1) is 22.2. The van der Waals surface area contributed by atoms with Crippen LogP contribution in [0.15, 0.2) is 59.7 Å². The van der Waals surface area contributed by atoms with Gasteiger partial charge in [0.15, 0.2) is 0 Å². The van der Waals surface area contributed by atoms with Crippen LogP contribution in [0.3, 0.4) is 0 Å². The van der Waals surface area contributed by atoms with E-state index in [9.17, 15) is 0 Å². The molecule has 256 valence electrons. The molecule has 1 fully saturated rings. The molecule has 0 aromatic heterocycles. The molecule has 3 aliphatic rings. The largest absolute Gasteiger partial charge is 1.00 e. The summed E-state index contributed by atoms with van der Waals surface area (Å²) in [6.45, 7) is 28.5. The van der Waals surface area contributed by atoms with Crippen LogP contribution < -0.4 is 24.8 Å². The van der Waals surface area contributed by atoms with Crippen molar-refractivity contribution in [2.45, 2.75) is 98.6 Å². The van der Waals surface area contributed by atoms with E-state index in [1.807, 2.05) is 0 Å². The van der Waals surface area contributed by atoms with Crippen molar-refractivity contribution in [3.63, 3.8) is 0 Å². The van der Waals surface area contributed by atoms with Gasteiger partial charge < -0.3 is 24.8 Å². The normalized spacial score (nSPS) is 17.8. The number of aryl methyl sites for hydroxylation is 6. The van der Waals surface area contributed by atoms with Crippen LogP contribution in [0.2, 0.25) is 8.26 Å². The first-order valence-electron chi connectivity index (χ1n) is 18.1. The van der Waals surface area contributed by atoms with Crippen molar-refractivity contribution in [1.29, 1.82) is 0 Å². The van der Waals surface area contributed by atoms with E-state index in [1.165, 1.54) is 63.9 Å². The summed E-state index contributed by atoms with van der Waals surface area (Å²) in [6, 6.07) is 19.3. The van der Waals surface area contributed by atoms with Gasteiger partial charge in [0.25, 0.3) is 0 Å². The number of benzene rings is 4. The van der Waals surface area contributed by atoms with E-state index in [0.29, 0.717) is 19.1 Å². The van der Waals surface area contributed by atoms with Crippen LogP contribution >= 0.6 is 0 Å². The van der Waals surface area contributed by atoms with E-state index >= 15 is 0 Å².